The van der Waals surface area contributed by atoms with Crippen LogP contribution in [-0.2, 0) is 4.79 Å². The number of carbonyl (C=O) groups excluding carboxylic acids is 1. The highest BCUT2D eigenvalue weighted by molar-refractivity contribution is 5.75. The summed E-state index contributed by atoms with van der Waals surface area (Å²) in [5, 5.41) is 11.8. The number of nitrogens with zero attached hydrogens (tertiary/aromatic N) is 1. The van der Waals surface area contributed by atoms with Crippen LogP contribution in [0.1, 0.15) is 46.0 Å². The molecule has 5 heteroatoms. The Morgan fingerprint density at radius 2 is 1.72 bits per heavy atom. The van der Waals surface area contributed by atoms with Gasteiger partial charge in [0, 0.05) is 19.6 Å². The van der Waals surface area contributed by atoms with Crippen LogP contribution in [0.5, 0.6) is 0 Å². The molecule has 1 aliphatic heterocycles. The van der Waals surface area contributed by atoms with Crippen molar-refractivity contribution in [3.8, 4) is 0 Å². The van der Waals surface area contributed by atoms with E-state index in [1.165, 1.54) is 12.8 Å². The maximum absolute atomic E-state index is 11.9. The Bertz CT molecular complexity index is 295. The zero-order valence-electron chi connectivity index (χ0n) is 11.4. The second kappa shape index (κ2) is 6.61. The van der Waals surface area contributed by atoms with Crippen LogP contribution in [-0.4, -0.2) is 41.6 Å². The molecule has 0 saturated carbocycles. The Morgan fingerprint density at radius 3 is 2.22 bits per heavy atom. The molecule has 0 radical (unpaired) electrons. The summed E-state index contributed by atoms with van der Waals surface area (Å²) in [5.74, 6) is -0.827. The van der Waals surface area contributed by atoms with Crippen molar-refractivity contribution in [1.29, 1.82) is 0 Å². The molecule has 0 aromatic rings. The number of carboxylic acids is 1. The second-order valence-corrected chi connectivity index (χ2v) is 5.57. The molecule has 1 saturated heterocycles. The molecule has 18 heavy (non-hydrogen) atoms. The number of urea groups is 1. The number of hydrogen-bond donors (Lipinski definition) is 2. The molecular weight excluding hydrogens is 232 g/mol. The monoisotopic (exact) mass is 256 g/mol. The third kappa shape index (κ3) is 4.55. The first-order chi connectivity index (χ1) is 8.43. The van der Waals surface area contributed by atoms with Gasteiger partial charge in [0.05, 0.1) is 5.41 Å². The van der Waals surface area contributed by atoms with Gasteiger partial charge in [-0.2, -0.15) is 0 Å². The number of carbonyl (C=O) groups is 2. The SMILES string of the molecule is CC(C)(CCNC(=O)N1CCCCCC1)C(=O)O. The summed E-state index contributed by atoms with van der Waals surface area (Å²) in [7, 11) is 0. The number of amides is 2. The van der Waals surface area contributed by atoms with Crippen LogP contribution in [0.3, 0.4) is 0 Å². The maximum Gasteiger partial charge on any atom is 0.317 e. The molecule has 0 unspecified atom stereocenters. The van der Waals surface area contributed by atoms with E-state index in [0.717, 1.165) is 25.9 Å². The average molecular weight is 256 g/mol. The van der Waals surface area contributed by atoms with Gasteiger partial charge in [0.15, 0.2) is 0 Å². The predicted octanol–water partition coefficient (Wildman–Crippen LogP) is 2.07. The normalized spacial score (nSPS) is 17.1. The van der Waals surface area contributed by atoms with E-state index in [1.54, 1.807) is 13.8 Å². The van der Waals surface area contributed by atoms with Crippen molar-refractivity contribution < 1.29 is 14.7 Å². The number of nitrogens with one attached hydrogen (secondary N) is 1. The lowest BCUT2D eigenvalue weighted by Gasteiger charge is -2.23. The van der Waals surface area contributed by atoms with Crippen LogP contribution in [0.25, 0.3) is 0 Å². The van der Waals surface area contributed by atoms with E-state index < -0.39 is 11.4 Å². The minimum atomic E-state index is -0.827. The maximum atomic E-state index is 11.9. The van der Waals surface area contributed by atoms with Gasteiger partial charge < -0.3 is 15.3 Å². The summed E-state index contributed by atoms with van der Waals surface area (Å²) in [5.41, 5.74) is -0.786. The minimum Gasteiger partial charge on any atom is -0.481 e. The molecule has 0 aromatic heterocycles. The predicted molar refractivity (Wildman–Crippen MR) is 69.5 cm³/mol. The van der Waals surface area contributed by atoms with Gasteiger partial charge in [0.2, 0.25) is 0 Å². The second-order valence-electron chi connectivity index (χ2n) is 5.57. The molecule has 104 valence electrons. The smallest absolute Gasteiger partial charge is 0.317 e. The van der Waals surface area contributed by atoms with Gasteiger partial charge in [-0.25, -0.2) is 4.79 Å². The third-order valence-electron chi connectivity index (χ3n) is 3.50. The molecule has 0 spiro atoms. The molecule has 0 bridgehead atoms. The average Bonchev–Trinajstić information content (AvgIpc) is 2.56. The Morgan fingerprint density at radius 1 is 1.17 bits per heavy atom. The van der Waals surface area contributed by atoms with E-state index in [2.05, 4.69) is 5.32 Å². The molecular formula is C13H24N2O3. The summed E-state index contributed by atoms with van der Waals surface area (Å²) in [6.07, 6.45) is 4.95. The van der Waals surface area contributed by atoms with Crippen molar-refractivity contribution in [2.24, 2.45) is 5.41 Å². The Kier molecular flexibility index (Phi) is 5.44. The van der Waals surface area contributed by atoms with Gasteiger partial charge in [-0.15, -0.1) is 0 Å². The topological polar surface area (TPSA) is 69.6 Å². The summed E-state index contributed by atoms with van der Waals surface area (Å²) in [4.78, 5) is 24.6. The highest BCUT2D eigenvalue weighted by Gasteiger charge is 2.27. The molecule has 0 aliphatic carbocycles. The minimum absolute atomic E-state index is 0.0573. The van der Waals surface area contributed by atoms with Crippen molar-refractivity contribution in [3.63, 3.8) is 0 Å². The van der Waals surface area contributed by atoms with Crippen molar-refractivity contribution in [1.82, 2.24) is 10.2 Å². The van der Waals surface area contributed by atoms with E-state index in [0.29, 0.717) is 13.0 Å². The summed E-state index contributed by atoms with van der Waals surface area (Å²) in [6.45, 7) is 5.39. The van der Waals surface area contributed by atoms with Crippen LogP contribution in [0, 0.1) is 5.41 Å². The molecule has 1 heterocycles. The molecule has 5 nitrogen and oxygen atoms in total. The van der Waals surface area contributed by atoms with E-state index >= 15 is 0 Å². The van der Waals surface area contributed by atoms with Crippen LogP contribution in [0.2, 0.25) is 0 Å². The lowest BCUT2D eigenvalue weighted by Crippen LogP contribution is -2.42. The number of hydrogen-bond acceptors (Lipinski definition) is 2. The molecule has 0 aromatic carbocycles. The summed E-state index contributed by atoms with van der Waals surface area (Å²) < 4.78 is 0. The molecule has 2 amide bonds. The standard InChI is InChI=1S/C13H24N2O3/c1-13(2,11(16)17)7-8-14-12(18)15-9-5-3-4-6-10-15/h3-10H2,1-2H3,(H,14,18)(H,16,17). The molecule has 2 N–H and O–H groups in total. The molecule has 1 rings (SSSR count). The zero-order chi connectivity index (χ0) is 13.6. The van der Waals surface area contributed by atoms with E-state index in [1.807, 2.05) is 4.90 Å². The molecule has 0 atom stereocenters. The Balaban J connectivity index is 2.30. The van der Waals surface area contributed by atoms with E-state index in [-0.39, 0.29) is 6.03 Å². The van der Waals surface area contributed by atoms with Crippen molar-refractivity contribution in [2.45, 2.75) is 46.0 Å². The first kappa shape index (κ1) is 14.8. The van der Waals surface area contributed by atoms with Crippen molar-refractivity contribution >= 4 is 12.0 Å². The number of carboxylic acid groups (broad SMARTS) is 1. The van der Waals surface area contributed by atoms with Crippen molar-refractivity contribution in [2.75, 3.05) is 19.6 Å². The number of aliphatic carboxylic acids is 1. The number of likely N-dealkylation sites (tertiary alicyclic amines) is 1. The van der Waals surface area contributed by atoms with Crippen LogP contribution >= 0.6 is 0 Å². The van der Waals surface area contributed by atoms with Crippen LogP contribution in [0.15, 0.2) is 0 Å². The van der Waals surface area contributed by atoms with Gasteiger partial charge in [0.1, 0.15) is 0 Å². The van der Waals surface area contributed by atoms with Crippen LogP contribution in [0.4, 0.5) is 4.79 Å². The Hall–Kier alpha value is -1.26. The fraction of sp³-hybridized carbons (Fsp3) is 0.846. The quantitative estimate of drug-likeness (QED) is 0.809. The number of rotatable bonds is 4. The summed E-state index contributed by atoms with van der Waals surface area (Å²) in [6, 6.07) is -0.0573. The highest BCUT2D eigenvalue weighted by Crippen LogP contribution is 2.19. The third-order valence-corrected chi connectivity index (χ3v) is 3.50. The lowest BCUT2D eigenvalue weighted by molar-refractivity contribution is -0.147. The first-order valence-corrected chi connectivity index (χ1v) is 6.70. The van der Waals surface area contributed by atoms with Gasteiger partial charge in [-0.05, 0) is 33.1 Å². The fourth-order valence-electron chi connectivity index (χ4n) is 1.97. The van der Waals surface area contributed by atoms with E-state index in [9.17, 15) is 9.59 Å². The lowest BCUT2D eigenvalue weighted by atomic mass is 9.90. The Labute approximate surface area is 109 Å². The molecule has 1 aliphatic rings. The van der Waals surface area contributed by atoms with E-state index in [4.69, 9.17) is 5.11 Å². The van der Waals surface area contributed by atoms with Gasteiger partial charge in [-0.3, -0.25) is 4.79 Å². The fourth-order valence-corrected chi connectivity index (χ4v) is 1.97. The van der Waals surface area contributed by atoms with Crippen molar-refractivity contribution in [3.05, 3.63) is 0 Å². The molecule has 1 fully saturated rings. The van der Waals surface area contributed by atoms with Gasteiger partial charge >= 0.3 is 12.0 Å². The summed E-state index contributed by atoms with van der Waals surface area (Å²) >= 11 is 0. The van der Waals surface area contributed by atoms with Crippen LogP contribution < -0.4 is 5.32 Å². The van der Waals surface area contributed by atoms with Gasteiger partial charge in [0.25, 0.3) is 0 Å². The zero-order valence-corrected chi connectivity index (χ0v) is 11.4. The largest absolute Gasteiger partial charge is 0.481 e. The first-order valence-electron chi connectivity index (χ1n) is 6.70. The van der Waals surface area contributed by atoms with Gasteiger partial charge in [-0.1, -0.05) is 12.8 Å². The highest BCUT2D eigenvalue weighted by atomic mass is 16.4.